The maximum absolute atomic E-state index is 14.1. The molecular weight excluding hydrogens is 837 g/mol. The largest absolute Gasteiger partial charge is 0.508 e. The van der Waals surface area contributed by atoms with Crippen LogP contribution in [0.4, 0.5) is 0 Å². The highest BCUT2D eigenvalue weighted by Gasteiger charge is 2.40. The number of aliphatic carboxylic acids is 1. The van der Waals surface area contributed by atoms with E-state index in [-0.39, 0.29) is 75.7 Å². The molecular formula is C41H66N12O11. The van der Waals surface area contributed by atoms with Crippen LogP contribution in [-0.2, 0) is 49.6 Å². The van der Waals surface area contributed by atoms with Crippen LogP contribution in [0.1, 0.15) is 85.1 Å². The molecule has 1 heterocycles. The molecule has 0 bridgehead atoms. The first-order valence-electron chi connectivity index (χ1n) is 21.2. The Morgan fingerprint density at radius 2 is 1.36 bits per heavy atom. The summed E-state index contributed by atoms with van der Waals surface area (Å²) in [6.45, 7) is 7.79. The van der Waals surface area contributed by atoms with Gasteiger partial charge in [0.2, 0.25) is 47.3 Å². The summed E-state index contributed by atoms with van der Waals surface area (Å²) in [6, 6.07) is -2.24. The molecule has 7 atom stereocenters. The molecule has 16 N–H and O–H groups in total. The number of amides is 8. The molecule has 2 rings (SSSR count). The maximum Gasteiger partial charge on any atom is 0.322 e. The van der Waals surface area contributed by atoms with Crippen LogP contribution in [0.5, 0.6) is 5.75 Å². The molecule has 23 heteroatoms. The summed E-state index contributed by atoms with van der Waals surface area (Å²) in [5.41, 5.74) is 22.6. The van der Waals surface area contributed by atoms with E-state index in [0.717, 1.165) is 0 Å². The van der Waals surface area contributed by atoms with Gasteiger partial charge in [0.05, 0.1) is 6.04 Å². The third kappa shape index (κ3) is 18.4. The number of phenols is 1. The van der Waals surface area contributed by atoms with Crippen molar-refractivity contribution in [2.75, 3.05) is 19.6 Å². The first-order chi connectivity index (χ1) is 30.0. The topological polar surface area (TPSA) is 386 Å². The zero-order valence-electron chi connectivity index (χ0n) is 37.1. The summed E-state index contributed by atoms with van der Waals surface area (Å²) in [5.74, 6) is -8.16. The van der Waals surface area contributed by atoms with Gasteiger partial charge in [0.15, 0.2) is 5.96 Å². The molecule has 1 aliphatic rings. The van der Waals surface area contributed by atoms with Crippen molar-refractivity contribution < 1.29 is 53.4 Å². The van der Waals surface area contributed by atoms with Crippen LogP contribution in [0.25, 0.3) is 0 Å². The fraction of sp³-hybridized carbons (Fsp3) is 0.610. The number of benzene rings is 1. The van der Waals surface area contributed by atoms with E-state index in [0.29, 0.717) is 12.0 Å². The summed E-state index contributed by atoms with van der Waals surface area (Å²) in [7, 11) is 0. The minimum atomic E-state index is -1.38. The standard InChI is InChI=1S/C41H66N12O11/c1-21(2)18-28(37(61)48-27(14-15-31(43)55)35(59)47-20-32(56)57)50-39(63)33(22(3)4)52-36(60)26(8-6-16-46-41(44)45)49-38(62)30-9-7-17-53(30)40(64)29(51-34(58)23(5)42)19-24-10-12-25(54)13-11-24/h10-13,21-23,26-30,33,54H,6-9,14-20,42H2,1-5H3,(H2,43,55)(H,47,59)(H,48,61)(H,49,62)(H,50,63)(H,51,58)(H,52,60)(H,56,57)(H4,44,45,46). The first-order valence-corrected chi connectivity index (χ1v) is 21.2. The number of guanidine groups is 1. The first kappa shape index (κ1) is 53.6. The Morgan fingerprint density at radius 1 is 0.766 bits per heavy atom. The number of hydrogen-bond acceptors (Lipinski definition) is 12. The van der Waals surface area contributed by atoms with Gasteiger partial charge in [-0.15, -0.1) is 0 Å². The minimum Gasteiger partial charge on any atom is -0.508 e. The number of carbonyl (C=O) groups is 9. The molecule has 8 amide bonds. The molecule has 7 unspecified atom stereocenters. The fourth-order valence-corrected chi connectivity index (χ4v) is 6.78. The number of aliphatic imine (C=N–C) groups is 1. The Bertz CT molecular complexity index is 1840. The number of aromatic hydroxyl groups is 1. The summed E-state index contributed by atoms with van der Waals surface area (Å²) >= 11 is 0. The summed E-state index contributed by atoms with van der Waals surface area (Å²) in [4.78, 5) is 123. The Balaban J connectivity index is 2.36. The average Bonchev–Trinajstić information content (AvgIpc) is 3.71. The Hall–Kier alpha value is -6.52. The molecule has 0 aliphatic carbocycles. The quantitative estimate of drug-likeness (QED) is 0.0249. The van der Waals surface area contributed by atoms with E-state index in [4.69, 9.17) is 28.0 Å². The lowest BCUT2D eigenvalue weighted by Gasteiger charge is -2.31. The molecule has 1 aromatic rings. The Kier molecular flexibility index (Phi) is 21.9. The number of carbonyl (C=O) groups excluding carboxylic acids is 8. The van der Waals surface area contributed by atoms with Crippen LogP contribution in [0.3, 0.4) is 0 Å². The zero-order chi connectivity index (χ0) is 48.3. The maximum atomic E-state index is 14.1. The van der Waals surface area contributed by atoms with E-state index < -0.39 is 108 Å². The lowest BCUT2D eigenvalue weighted by atomic mass is 9.98. The second-order valence-corrected chi connectivity index (χ2v) is 16.5. The van der Waals surface area contributed by atoms with Crippen molar-refractivity contribution in [2.24, 2.45) is 39.8 Å². The monoisotopic (exact) mass is 902 g/mol. The van der Waals surface area contributed by atoms with Crippen molar-refractivity contribution in [3.8, 4) is 5.75 Å². The van der Waals surface area contributed by atoms with Gasteiger partial charge in [-0.3, -0.25) is 48.1 Å². The highest BCUT2D eigenvalue weighted by Crippen LogP contribution is 2.21. The number of nitrogens with two attached hydrogens (primary N) is 4. The molecule has 0 saturated carbocycles. The van der Waals surface area contributed by atoms with Crippen LogP contribution in [0.2, 0.25) is 0 Å². The van der Waals surface area contributed by atoms with Crippen molar-refractivity contribution >= 4 is 59.2 Å². The van der Waals surface area contributed by atoms with Crippen LogP contribution >= 0.6 is 0 Å². The van der Waals surface area contributed by atoms with Crippen molar-refractivity contribution in [1.29, 1.82) is 0 Å². The van der Waals surface area contributed by atoms with Gasteiger partial charge in [-0.05, 0) is 75.0 Å². The number of phenolic OH excluding ortho intramolecular Hbond substituents is 1. The molecule has 356 valence electrons. The average molecular weight is 903 g/mol. The molecule has 23 nitrogen and oxygen atoms in total. The van der Waals surface area contributed by atoms with Gasteiger partial charge in [0.1, 0.15) is 48.5 Å². The number of carboxylic acid groups (broad SMARTS) is 1. The van der Waals surface area contributed by atoms with Gasteiger partial charge in [-0.1, -0.05) is 39.8 Å². The molecule has 64 heavy (non-hydrogen) atoms. The predicted molar refractivity (Wildman–Crippen MR) is 233 cm³/mol. The van der Waals surface area contributed by atoms with Gasteiger partial charge in [0.25, 0.3) is 0 Å². The van der Waals surface area contributed by atoms with E-state index in [9.17, 15) is 48.3 Å². The molecule has 1 fully saturated rings. The molecule has 1 saturated heterocycles. The lowest BCUT2D eigenvalue weighted by Crippen LogP contribution is -2.60. The molecule has 0 radical (unpaired) electrons. The van der Waals surface area contributed by atoms with Gasteiger partial charge in [0, 0.05) is 25.9 Å². The van der Waals surface area contributed by atoms with Gasteiger partial charge in [-0.2, -0.15) is 0 Å². The highest BCUT2D eigenvalue weighted by molar-refractivity contribution is 5.98. The van der Waals surface area contributed by atoms with Gasteiger partial charge < -0.3 is 69.9 Å². The van der Waals surface area contributed by atoms with Gasteiger partial charge in [-0.25, -0.2) is 0 Å². The molecule has 0 aromatic heterocycles. The number of nitrogens with zero attached hydrogens (tertiary/aromatic N) is 2. The van der Waals surface area contributed by atoms with E-state index in [1.807, 2.05) is 0 Å². The normalized spacial score (nSPS) is 16.2. The van der Waals surface area contributed by atoms with E-state index >= 15 is 0 Å². The summed E-state index contributed by atoms with van der Waals surface area (Å²) in [5, 5.41) is 34.1. The third-order valence-electron chi connectivity index (χ3n) is 10.1. The van der Waals surface area contributed by atoms with E-state index in [1.165, 1.54) is 24.0 Å². The van der Waals surface area contributed by atoms with Crippen LogP contribution in [0, 0.1) is 11.8 Å². The van der Waals surface area contributed by atoms with Crippen LogP contribution in [-0.4, -0.2) is 136 Å². The number of hydrogen-bond donors (Lipinski definition) is 12. The number of primary amides is 1. The van der Waals surface area contributed by atoms with Crippen molar-refractivity contribution in [3.05, 3.63) is 29.8 Å². The van der Waals surface area contributed by atoms with E-state index in [1.54, 1.807) is 39.8 Å². The summed E-state index contributed by atoms with van der Waals surface area (Å²) in [6.07, 6.45) is 0.368. The third-order valence-corrected chi connectivity index (χ3v) is 10.1. The van der Waals surface area contributed by atoms with Gasteiger partial charge >= 0.3 is 5.97 Å². The SMILES string of the molecule is CC(C)CC(NC(=O)C(NC(=O)C(CCCN=C(N)N)NC(=O)C1CCCN1C(=O)C(Cc1ccc(O)cc1)NC(=O)C(C)N)C(C)C)C(=O)NC(CCC(N)=O)C(=O)NCC(=O)O. The van der Waals surface area contributed by atoms with Crippen LogP contribution < -0.4 is 54.8 Å². The van der Waals surface area contributed by atoms with Crippen molar-refractivity contribution in [3.63, 3.8) is 0 Å². The molecule has 0 spiro atoms. The fourth-order valence-electron chi connectivity index (χ4n) is 6.78. The Labute approximate surface area is 372 Å². The van der Waals surface area contributed by atoms with Crippen molar-refractivity contribution in [1.82, 2.24) is 36.8 Å². The number of carboxylic acids is 1. The Morgan fingerprint density at radius 3 is 1.92 bits per heavy atom. The summed E-state index contributed by atoms with van der Waals surface area (Å²) < 4.78 is 0. The number of nitrogens with one attached hydrogen (secondary N) is 6. The zero-order valence-corrected chi connectivity index (χ0v) is 37.1. The molecule has 1 aromatic carbocycles. The second kappa shape index (κ2) is 26.2. The number of likely N-dealkylation sites (tertiary alicyclic amines) is 1. The number of rotatable bonds is 26. The predicted octanol–water partition coefficient (Wildman–Crippen LogP) is -3.08. The minimum absolute atomic E-state index is 0.00495. The lowest BCUT2D eigenvalue weighted by molar-refractivity contribution is -0.142. The smallest absolute Gasteiger partial charge is 0.322 e. The molecule has 1 aliphatic heterocycles. The van der Waals surface area contributed by atoms with Crippen LogP contribution in [0.15, 0.2) is 29.3 Å². The van der Waals surface area contributed by atoms with Crippen molar-refractivity contribution in [2.45, 2.75) is 128 Å². The van der Waals surface area contributed by atoms with E-state index in [2.05, 4.69) is 36.9 Å². The second-order valence-electron chi connectivity index (χ2n) is 16.5. The highest BCUT2D eigenvalue weighted by atomic mass is 16.4.